The lowest BCUT2D eigenvalue weighted by molar-refractivity contribution is 0.629. The molecule has 0 heterocycles. The van der Waals surface area contributed by atoms with Gasteiger partial charge in [-0.25, -0.2) is 4.39 Å². The van der Waals surface area contributed by atoms with Crippen LogP contribution in [0.4, 0.5) is 10.1 Å². The summed E-state index contributed by atoms with van der Waals surface area (Å²) in [5.74, 6) is -0.242. The first kappa shape index (κ1) is 13.1. The molecule has 0 spiro atoms. The van der Waals surface area contributed by atoms with E-state index in [1.807, 2.05) is 6.07 Å². The van der Waals surface area contributed by atoms with Crippen molar-refractivity contribution in [1.29, 1.82) is 0 Å². The number of para-hydroxylation sites is 1. The molecule has 3 heteroatoms. The van der Waals surface area contributed by atoms with Gasteiger partial charge in [0.25, 0.3) is 0 Å². The first-order valence-electron chi connectivity index (χ1n) is 5.81. The van der Waals surface area contributed by atoms with Gasteiger partial charge in [-0.05, 0) is 47.5 Å². The molecule has 0 aromatic heterocycles. The highest BCUT2D eigenvalue weighted by molar-refractivity contribution is 9.10. The first-order chi connectivity index (χ1) is 8.56. The van der Waals surface area contributed by atoms with Gasteiger partial charge in [-0.2, -0.15) is 0 Å². The minimum Gasteiger partial charge on any atom is -0.378 e. The molecule has 0 saturated carbocycles. The molecule has 2 aromatic carbocycles. The van der Waals surface area contributed by atoms with Crippen LogP contribution >= 0.6 is 15.9 Å². The minimum atomic E-state index is -0.242. The van der Waals surface area contributed by atoms with Gasteiger partial charge in [0.05, 0.1) is 5.69 Å². The summed E-state index contributed by atoms with van der Waals surface area (Å²) >= 11 is 3.35. The number of halogens is 2. The molecule has 0 saturated heterocycles. The van der Waals surface area contributed by atoms with Crippen molar-refractivity contribution in [2.24, 2.45) is 0 Å². The second-order valence-electron chi connectivity index (χ2n) is 4.45. The molecule has 0 unspecified atom stereocenters. The normalized spacial score (nSPS) is 10.4. The molecule has 0 fully saturated rings. The highest BCUT2D eigenvalue weighted by Gasteiger charge is 2.05. The third-order valence-corrected chi connectivity index (χ3v) is 3.37. The lowest BCUT2D eigenvalue weighted by Crippen LogP contribution is -2.02. The molecular weight excluding hydrogens is 293 g/mol. The fourth-order valence-corrected chi connectivity index (χ4v) is 2.51. The van der Waals surface area contributed by atoms with Crippen LogP contribution in [0, 0.1) is 19.7 Å². The first-order valence-corrected chi connectivity index (χ1v) is 6.60. The molecule has 18 heavy (non-hydrogen) atoms. The number of hydrogen-bond donors (Lipinski definition) is 1. The van der Waals surface area contributed by atoms with E-state index in [4.69, 9.17) is 0 Å². The molecule has 0 aliphatic carbocycles. The fourth-order valence-electron chi connectivity index (χ4n) is 2.03. The summed E-state index contributed by atoms with van der Waals surface area (Å²) in [7, 11) is 0. The predicted molar refractivity (Wildman–Crippen MR) is 77.3 cm³/mol. The highest BCUT2D eigenvalue weighted by Crippen LogP contribution is 2.25. The van der Waals surface area contributed by atoms with Gasteiger partial charge in [0.1, 0.15) is 5.82 Å². The van der Waals surface area contributed by atoms with Crippen molar-refractivity contribution < 1.29 is 4.39 Å². The molecule has 2 rings (SSSR count). The Morgan fingerprint density at radius 2 is 1.78 bits per heavy atom. The van der Waals surface area contributed by atoms with E-state index in [1.54, 1.807) is 6.07 Å². The van der Waals surface area contributed by atoms with Crippen molar-refractivity contribution in [3.8, 4) is 0 Å². The van der Waals surface area contributed by atoms with E-state index >= 15 is 0 Å². The van der Waals surface area contributed by atoms with E-state index in [-0.39, 0.29) is 5.82 Å². The molecule has 1 N–H and O–H groups in total. The Bertz CT molecular complexity index is 526. The third-order valence-electron chi connectivity index (χ3n) is 2.71. The average Bonchev–Trinajstić information content (AvgIpc) is 2.27. The largest absolute Gasteiger partial charge is 0.378 e. The Morgan fingerprint density at radius 3 is 2.39 bits per heavy atom. The van der Waals surface area contributed by atoms with Crippen LogP contribution in [0.2, 0.25) is 0 Å². The van der Waals surface area contributed by atoms with Crippen LogP contribution < -0.4 is 5.32 Å². The zero-order chi connectivity index (χ0) is 13.1. The molecule has 0 radical (unpaired) electrons. The Hall–Kier alpha value is -1.35. The minimum absolute atomic E-state index is 0.242. The number of hydrogen-bond acceptors (Lipinski definition) is 1. The number of aryl methyl sites for hydroxylation is 2. The summed E-state index contributed by atoms with van der Waals surface area (Å²) < 4.78 is 14.4. The van der Waals surface area contributed by atoms with Gasteiger partial charge < -0.3 is 5.32 Å². The van der Waals surface area contributed by atoms with E-state index in [1.165, 1.54) is 17.2 Å². The van der Waals surface area contributed by atoms with Crippen LogP contribution in [0.5, 0.6) is 0 Å². The Balaban J connectivity index is 2.16. The lowest BCUT2D eigenvalue weighted by atomic mass is 10.1. The standard InChI is InChI=1S/C15H15BrFN/c1-10-6-11(2)8-12(7-10)9-18-15-13(16)4-3-5-14(15)17/h3-8,18H,9H2,1-2H3. The van der Waals surface area contributed by atoms with E-state index in [9.17, 15) is 4.39 Å². The molecule has 1 nitrogen and oxygen atoms in total. The van der Waals surface area contributed by atoms with Crippen LogP contribution in [0.15, 0.2) is 40.9 Å². The Labute approximate surface area is 115 Å². The van der Waals surface area contributed by atoms with E-state index in [2.05, 4.69) is 53.3 Å². The van der Waals surface area contributed by atoms with Gasteiger partial charge in [-0.3, -0.25) is 0 Å². The highest BCUT2D eigenvalue weighted by atomic mass is 79.9. The second kappa shape index (κ2) is 5.53. The molecule has 0 aliphatic heterocycles. The Kier molecular flexibility index (Phi) is 4.02. The molecular formula is C15H15BrFN. The maximum absolute atomic E-state index is 13.6. The summed E-state index contributed by atoms with van der Waals surface area (Å²) in [6.45, 7) is 4.74. The number of anilines is 1. The van der Waals surface area contributed by atoms with Gasteiger partial charge in [0.15, 0.2) is 0 Å². The summed E-state index contributed by atoms with van der Waals surface area (Å²) in [5.41, 5.74) is 4.11. The fraction of sp³-hybridized carbons (Fsp3) is 0.200. The van der Waals surface area contributed by atoms with Gasteiger partial charge in [-0.1, -0.05) is 35.4 Å². The topological polar surface area (TPSA) is 12.0 Å². The van der Waals surface area contributed by atoms with Gasteiger partial charge in [0.2, 0.25) is 0 Å². The van der Waals surface area contributed by atoms with Crippen LogP contribution in [-0.4, -0.2) is 0 Å². The number of rotatable bonds is 3. The van der Waals surface area contributed by atoms with Gasteiger partial charge in [-0.15, -0.1) is 0 Å². The quantitative estimate of drug-likeness (QED) is 0.857. The van der Waals surface area contributed by atoms with Gasteiger partial charge in [0, 0.05) is 11.0 Å². The van der Waals surface area contributed by atoms with Crippen molar-refractivity contribution in [2.75, 3.05) is 5.32 Å². The Morgan fingerprint density at radius 1 is 1.11 bits per heavy atom. The summed E-state index contributed by atoms with van der Waals surface area (Å²) in [6.07, 6.45) is 0. The molecule has 94 valence electrons. The molecule has 0 atom stereocenters. The smallest absolute Gasteiger partial charge is 0.147 e. The molecule has 0 aliphatic rings. The number of nitrogens with one attached hydrogen (secondary N) is 1. The van der Waals surface area contributed by atoms with Crippen molar-refractivity contribution in [1.82, 2.24) is 0 Å². The summed E-state index contributed by atoms with van der Waals surface area (Å²) in [4.78, 5) is 0. The predicted octanol–water partition coefficient (Wildman–Crippen LogP) is 4.82. The summed E-state index contributed by atoms with van der Waals surface area (Å²) in [6, 6.07) is 11.3. The van der Waals surface area contributed by atoms with Crippen molar-refractivity contribution in [3.05, 3.63) is 63.4 Å². The zero-order valence-electron chi connectivity index (χ0n) is 10.4. The van der Waals surface area contributed by atoms with Crippen LogP contribution in [0.1, 0.15) is 16.7 Å². The van der Waals surface area contributed by atoms with Crippen LogP contribution in [-0.2, 0) is 6.54 Å². The monoisotopic (exact) mass is 307 g/mol. The van der Waals surface area contributed by atoms with Crippen LogP contribution in [0.3, 0.4) is 0 Å². The lowest BCUT2D eigenvalue weighted by Gasteiger charge is -2.11. The maximum atomic E-state index is 13.6. The maximum Gasteiger partial charge on any atom is 0.147 e. The SMILES string of the molecule is Cc1cc(C)cc(CNc2c(F)cccc2Br)c1. The van der Waals surface area contributed by atoms with Crippen molar-refractivity contribution >= 4 is 21.6 Å². The van der Waals surface area contributed by atoms with E-state index < -0.39 is 0 Å². The van der Waals surface area contributed by atoms with Crippen molar-refractivity contribution in [2.45, 2.75) is 20.4 Å². The van der Waals surface area contributed by atoms with Crippen molar-refractivity contribution in [3.63, 3.8) is 0 Å². The molecule has 0 bridgehead atoms. The third kappa shape index (κ3) is 3.10. The zero-order valence-corrected chi connectivity index (χ0v) is 12.0. The summed E-state index contributed by atoms with van der Waals surface area (Å²) in [5, 5.41) is 3.13. The average molecular weight is 308 g/mol. The van der Waals surface area contributed by atoms with Gasteiger partial charge >= 0.3 is 0 Å². The van der Waals surface area contributed by atoms with E-state index in [0.717, 1.165) is 10.0 Å². The number of benzene rings is 2. The van der Waals surface area contributed by atoms with E-state index in [0.29, 0.717) is 12.2 Å². The molecule has 0 amide bonds. The second-order valence-corrected chi connectivity index (χ2v) is 5.30. The van der Waals surface area contributed by atoms with Crippen LogP contribution in [0.25, 0.3) is 0 Å². The molecule has 2 aromatic rings.